The summed E-state index contributed by atoms with van der Waals surface area (Å²) in [5.74, 6) is 0.610. The first-order chi connectivity index (χ1) is 12.4. The molecule has 7 nitrogen and oxygen atoms in total. The number of fused-ring (bicyclic) bond motifs is 1. The maximum atomic E-state index is 12.8. The van der Waals surface area contributed by atoms with E-state index in [1.165, 1.54) is 4.57 Å². The number of nitrogens with zero attached hydrogens (tertiary/aromatic N) is 2. The fraction of sp³-hybridized carbons (Fsp3) is 0.579. The second kappa shape index (κ2) is 7.43. The Morgan fingerprint density at radius 3 is 2.73 bits per heavy atom. The lowest BCUT2D eigenvalue weighted by atomic mass is 10.1. The van der Waals surface area contributed by atoms with Crippen molar-refractivity contribution in [2.75, 3.05) is 6.54 Å². The number of aryl methyl sites for hydroxylation is 1. The van der Waals surface area contributed by atoms with Gasteiger partial charge in [0.25, 0.3) is 11.5 Å². The predicted molar refractivity (Wildman–Crippen MR) is 101 cm³/mol. The number of aromatic amines is 1. The van der Waals surface area contributed by atoms with Gasteiger partial charge >= 0.3 is 5.69 Å². The van der Waals surface area contributed by atoms with Crippen LogP contribution >= 0.6 is 0 Å². The molecular weight excluding hydrogens is 332 g/mol. The van der Waals surface area contributed by atoms with E-state index in [9.17, 15) is 14.4 Å². The molecule has 7 heteroatoms. The molecule has 0 aliphatic heterocycles. The molecule has 2 N–H and O–H groups in total. The van der Waals surface area contributed by atoms with Crippen molar-refractivity contribution in [1.29, 1.82) is 0 Å². The van der Waals surface area contributed by atoms with Gasteiger partial charge in [-0.05, 0) is 44.6 Å². The van der Waals surface area contributed by atoms with E-state index in [1.807, 2.05) is 6.92 Å². The third kappa shape index (κ3) is 3.71. The molecule has 1 fully saturated rings. The SMILES string of the molecule is CCn1c(=O)[nH]c(=O)c2c(C(=O)NCCCC(C)C)cc(C3CC3)nc21. The van der Waals surface area contributed by atoms with Crippen LogP contribution in [0, 0.1) is 5.92 Å². The van der Waals surface area contributed by atoms with E-state index in [1.54, 1.807) is 6.07 Å². The van der Waals surface area contributed by atoms with Gasteiger partial charge in [-0.15, -0.1) is 0 Å². The highest BCUT2D eigenvalue weighted by Gasteiger charge is 2.28. The molecule has 1 aliphatic rings. The molecule has 2 heterocycles. The summed E-state index contributed by atoms with van der Waals surface area (Å²) in [7, 11) is 0. The number of carbonyl (C=O) groups excluding carboxylic acids is 1. The molecule has 1 saturated carbocycles. The second-order valence-electron chi connectivity index (χ2n) is 7.36. The maximum absolute atomic E-state index is 12.8. The van der Waals surface area contributed by atoms with Crippen LogP contribution in [0.3, 0.4) is 0 Å². The molecule has 0 atom stereocenters. The van der Waals surface area contributed by atoms with Crippen molar-refractivity contribution < 1.29 is 4.79 Å². The van der Waals surface area contributed by atoms with Gasteiger partial charge < -0.3 is 5.32 Å². The first kappa shape index (κ1) is 18.4. The molecule has 1 aliphatic carbocycles. The number of aromatic nitrogens is 3. The largest absolute Gasteiger partial charge is 0.352 e. The minimum Gasteiger partial charge on any atom is -0.352 e. The summed E-state index contributed by atoms with van der Waals surface area (Å²) in [4.78, 5) is 44.1. The van der Waals surface area contributed by atoms with Gasteiger partial charge in [-0.3, -0.25) is 19.1 Å². The fourth-order valence-electron chi connectivity index (χ4n) is 3.16. The Kier molecular flexibility index (Phi) is 5.25. The monoisotopic (exact) mass is 358 g/mol. The third-order valence-electron chi connectivity index (χ3n) is 4.77. The van der Waals surface area contributed by atoms with E-state index in [0.717, 1.165) is 31.4 Å². The standard InChI is InChI=1S/C19H26N4O3/c1-4-23-16-15(18(25)22-19(23)26)13(10-14(21-16)12-7-8-12)17(24)20-9-5-6-11(2)3/h10-12H,4-9H2,1-3H3,(H,20,24)(H,22,25,26). The lowest BCUT2D eigenvalue weighted by Gasteiger charge is -2.12. The van der Waals surface area contributed by atoms with Crippen molar-refractivity contribution >= 4 is 16.9 Å². The van der Waals surface area contributed by atoms with Gasteiger partial charge in [-0.1, -0.05) is 13.8 Å². The summed E-state index contributed by atoms with van der Waals surface area (Å²) in [6.45, 7) is 7.04. The summed E-state index contributed by atoms with van der Waals surface area (Å²) < 4.78 is 1.41. The number of pyridine rings is 1. The lowest BCUT2D eigenvalue weighted by molar-refractivity contribution is 0.0954. The normalized spacial score (nSPS) is 14.2. The highest BCUT2D eigenvalue weighted by molar-refractivity contribution is 6.05. The minimum atomic E-state index is -0.558. The van der Waals surface area contributed by atoms with Gasteiger partial charge in [-0.2, -0.15) is 0 Å². The topological polar surface area (TPSA) is 96.9 Å². The molecule has 0 radical (unpaired) electrons. The van der Waals surface area contributed by atoms with E-state index in [2.05, 4.69) is 29.1 Å². The van der Waals surface area contributed by atoms with Gasteiger partial charge in [0.05, 0.1) is 10.9 Å². The van der Waals surface area contributed by atoms with Crippen LogP contribution in [-0.2, 0) is 6.54 Å². The molecule has 0 spiro atoms. The summed E-state index contributed by atoms with van der Waals surface area (Å²) in [6.07, 6.45) is 3.96. The fourth-order valence-corrected chi connectivity index (χ4v) is 3.16. The number of nitrogens with one attached hydrogen (secondary N) is 2. The molecule has 1 amide bonds. The lowest BCUT2D eigenvalue weighted by Crippen LogP contribution is -2.33. The number of carbonyl (C=O) groups is 1. The predicted octanol–water partition coefficient (Wildman–Crippen LogP) is 2.15. The molecule has 26 heavy (non-hydrogen) atoms. The second-order valence-corrected chi connectivity index (χ2v) is 7.36. The summed E-state index contributed by atoms with van der Waals surface area (Å²) >= 11 is 0. The third-order valence-corrected chi connectivity index (χ3v) is 4.77. The maximum Gasteiger partial charge on any atom is 0.329 e. The van der Waals surface area contributed by atoms with E-state index >= 15 is 0 Å². The summed E-state index contributed by atoms with van der Waals surface area (Å²) in [5.41, 5.74) is 0.352. The Bertz CT molecular complexity index is 938. The van der Waals surface area contributed by atoms with Crippen molar-refractivity contribution in [3.05, 3.63) is 38.2 Å². The van der Waals surface area contributed by atoms with E-state index in [0.29, 0.717) is 36.1 Å². The van der Waals surface area contributed by atoms with Crippen LogP contribution in [0.2, 0.25) is 0 Å². The van der Waals surface area contributed by atoms with Crippen molar-refractivity contribution in [3.63, 3.8) is 0 Å². The number of hydrogen-bond donors (Lipinski definition) is 2. The Morgan fingerprint density at radius 1 is 1.38 bits per heavy atom. The molecule has 2 aromatic rings. The number of hydrogen-bond acceptors (Lipinski definition) is 4. The Balaban J connectivity index is 2.04. The molecule has 3 rings (SSSR count). The van der Waals surface area contributed by atoms with Gasteiger partial charge in [-0.25, -0.2) is 9.78 Å². The van der Waals surface area contributed by atoms with Crippen LogP contribution in [0.4, 0.5) is 0 Å². The molecule has 0 aromatic carbocycles. The van der Waals surface area contributed by atoms with E-state index in [-0.39, 0.29) is 11.3 Å². The van der Waals surface area contributed by atoms with Gasteiger partial charge in [0.2, 0.25) is 0 Å². The molecule has 0 unspecified atom stereocenters. The average molecular weight is 358 g/mol. The first-order valence-corrected chi connectivity index (χ1v) is 9.38. The van der Waals surface area contributed by atoms with Crippen LogP contribution in [0.15, 0.2) is 15.7 Å². The quantitative estimate of drug-likeness (QED) is 0.741. The average Bonchev–Trinajstić information content (AvgIpc) is 3.42. The smallest absolute Gasteiger partial charge is 0.329 e. The highest BCUT2D eigenvalue weighted by Crippen LogP contribution is 2.39. The molecule has 0 saturated heterocycles. The summed E-state index contributed by atoms with van der Waals surface area (Å²) in [5, 5.41) is 3.10. The van der Waals surface area contributed by atoms with Gasteiger partial charge in [0, 0.05) is 24.7 Å². The number of rotatable bonds is 7. The molecular formula is C19H26N4O3. The van der Waals surface area contributed by atoms with Crippen LogP contribution < -0.4 is 16.6 Å². The van der Waals surface area contributed by atoms with Crippen LogP contribution in [0.5, 0.6) is 0 Å². The molecule has 2 aromatic heterocycles. The van der Waals surface area contributed by atoms with Gasteiger partial charge in [0.15, 0.2) is 5.65 Å². The minimum absolute atomic E-state index is 0.192. The zero-order valence-corrected chi connectivity index (χ0v) is 15.6. The number of H-pyrrole nitrogens is 1. The van der Waals surface area contributed by atoms with E-state index in [4.69, 9.17) is 0 Å². The van der Waals surface area contributed by atoms with Crippen LogP contribution in [-0.4, -0.2) is 27.0 Å². The van der Waals surface area contributed by atoms with E-state index < -0.39 is 11.2 Å². The van der Waals surface area contributed by atoms with Crippen LogP contribution in [0.25, 0.3) is 11.0 Å². The Morgan fingerprint density at radius 2 is 2.12 bits per heavy atom. The van der Waals surface area contributed by atoms with Crippen molar-refractivity contribution in [2.45, 2.75) is 58.9 Å². The Labute approximate surface area is 151 Å². The zero-order valence-electron chi connectivity index (χ0n) is 15.6. The van der Waals surface area contributed by atoms with Crippen molar-refractivity contribution in [3.8, 4) is 0 Å². The highest BCUT2D eigenvalue weighted by atomic mass is 16.2. The van der Waals surface area contributed by atoms with Crippen LogP contribution in [0.1, 0.15) is 68.4 Å². The molecule has 0 bridgehead atoms. The van der Waals surface area contributed by atoms with Gasteiger partial charge in [0.1, 0.15) is 0 Å². The number of amides is 1. The first-order valence-electron chi connectivity index (χ1n) is 9.38. The van der Waals surface area contributed by atoms with Crippen molar-refractivity contribution in [2.24, 2.45) is 5.92 Å². The Hall–Kier alpha value is -2.44. The summed E-state index contributed by atoms with van der Waals surface area (Å²) in [6, 6.07) is 1.72. The zero-order chi connectivity index (χ0) is 18.8. The van der Waals surface area contributed by atoms with Crippen molar-refractivity contribution in [1.82, 2.24) is 19.9 Å². The molecule has 140 valence electrons.